The first-order chi connectivity index (χ1) is 9.69. The molecule has 0 saturated carbocycles. The van der Waals surface area contributed by atoms with Gasteiger partial charge in [0.25, 0.3) is 0 Å². The average molecular weight is 293 g/mol. The number of rotatable bonds is 6. The molecule has 21 heavy (non-hydrogen) atoms. The summed E-state index contributed by atoms with van der Waals surface area (Å²) in [5, 5.41) is 3.23. The van der Waals surface area contributed by atoms with E-state index in [1.165, 1.54) is 12.7 Å². The van der Waals surface area contributed by atoms with Crippen LogP contribution in [0.15, 0.2) is 12.1 Å². The van der Waals surface area contributed by atoms with Crippen LogP contribution in [0.2, 0.25) is 0 Å². The summed E-state index contributed by atoms with van der Waals surface area (Å²) in [4.78, 5) is 12.0. The van der Waals surface area contributed by atoms with Gasteiger partial charge in [0, 0.05) is 6.04 Å². The van der Waals surface area contributed by atoms with Crippen molar-refractivity contribution in [2.45, 2.75) is 53.1 Å². The van der Waals surface area contributed by atoms with Crippen molar-refractivity contribution in [1.29, 1.82) is 0 Å². The summed E-state index contributed by atoms with van der Waals surface area (Å²) in [6.45, 7) is 12.1. The monoisotopic (exact) mass is 293 g/mol. The third kappa shape index (κ3) is 4.46. The van der Waals surface area contributed by atoms with Gasteiger partial charge in [-0.2, -0.15) is 0 Å². The first-order valence-electron chi connectivity index (χ1n) is 7.26. The molecule has 0 spiro atoms. The Balaban J connectivity index is 2.95. The largest absolute Gasteiger partial charge is 0.490 e. The predicted molar refractivity (Wildman–Crippen MR) is 84.8 cm³/mol. The minimum absolute atomic E-state index is 0.151. The van der Waals surface area contributed by atoms with Crippen LogP contribution in [0.1, 0.15) is 37.5 Å². The van der Waals surface area contributed by atoms with Crippen LogP contribution in [0, 0.1) is 20.8 Å². The highest BCUT2D eigenvalue weighted by Gasteiger charge is 2.36. The van der Waals surface area contributed by atoms with Gasteiger partial charge in [-0.25, -0.2) is 4.79 Å². The summed E-state index contributed by atoms with van der Waals surface area (Å²) in [6, 6.07) is 4.30. The van der Waals surface area contributed by atoms with E-state index in [1.54, 1.807) is 6.92 Å². The highest BCUT2D eigenvalue weighted by molar-refractivity contribution is 5.80. The van der Waals surface area contributed by atoms with E-state index in [-0.39, 0.29) is 18.6 Å². The van der Waals surface area contributed by atoms with Crippen molar-refractivity contribution in [3.8, 4) is 5.75 Å². The molecule has 0 amide bonds. The number of hydrogen-bond donors (Lipinski definition) is 1. The van der Waals surface area contributed by atoms with E-state index in [1.807, 2.05) is 27.7 Å². The third-order valence-corrected chi connectivity index (χ3v) is 3.35. The maximum atomic E-state index is 12.0. The Bertz CT molecular complexity index is 488. The van der Waals surface area contributed by atoms with E-state index in [0.29, 0.717) is 0 Å². The molecule has 1 N–H and O–H groups in total. The smallest absolute Gasteiger partial charge is 0.329 e. The lowest BCUT2D eigenvalue weighted by Gasteiger charge is -2.30. The molecular formula is C17H27NO3. The molecule has 0 aliphatic heterocycles. The van der Waals surface area contributed by atoms with E-state index in [2.05, 4.69) is 24.4 Å². The summed E-state index contributed by atoms with van der Waals surface area (Å²) in [5.41, 5.74) is 2.48. The van der Waals surface area contributed by atoms with Gasteiger partial charge in [-0.15, -0.1) is 0 Å². The first kappa shape index (κ1) is 17.5. The molecule has 1 aromatic rings. The lowest BCUT2D eigenvalue weighted by Crippen LogP contribution is -2.56. The number of carbonyl (C=O) groups excluding carboxylic acids is 1. The SMILES string of the molecule is COC(=O)C(C)(COc1c(C)cc(C)cc1C)NC(C)C. The zero-order chi connectivity index (χ0) is 16.2. The van der Waals surface area contributed by atoms with Crippen LogP contribution in [-0.4, -0.2) is 31.3 Å². The van der Waals surface area contributed by atoms with Crippen LogP contribution >= 0.6 is 0 Å². The number of esters is 1. The maximum Gasteiger partial charge on any atom is 0.329 e. The van der Waals surface area contributed by atoms with Gasteiger partial charge in [0.15, 0.2) is 0 Å². The Labute approximate surface area is 127 Å². The standard InChI is InChI=1S/C17H27NO3/c1-11(2)18-17(6,16(19)20-7)10-21-15-13(4)8-12(3)9-14(15)5/h8-9,11,18H,10H2,1-7H3. The van der Waals surface area contributed by atoms with Crippen molar-refractivity contribution in [2.75, 3.05) is 13.7 Å². The molecule has 1 unspecified atom stereocenters. The van der Waals surface area contributed by atoms with Gasteiger partial charge in [-0.1, -0.05) is 17.7 Å². The summed E-state index contributed by atoms with van der Waals surface area (Å²) < 4.78 is 10.9. The second-order valence-electron chi connectivity index (χ2n) is 6.14. The average Bonchev–Trinajstić information content (AvgIpc) is 2.35. The Hall–Kier alpha value is -1.55. The van der Waals surface area contributed by atoms with Crippen LogP contribution in [0.5, 0.6) is 5.75 Å². The van der Waals surface area contributed by atoms with Gasteiger partial charge in [0.05, 0.1) is 7.11 Å². The van der Waals surface area contributed by atoms with Gasteiger partial charge in [-0.05, 0) is 52.7 Å². The van der Waals surface area contributed by atoms with Crippen LogP contribution in [0.25, 0.3) is 0 Å². The zero-order valence-corrected chi connectivity index (χ0v) is 14.2. The van der Waals surface area contributed by atoms with Crippen LogP contribution in [-0.2, 0) is 9.53 Å². The fourth-order valence-electron chi connectivity index (χ4n) is 2.63. The predicted octanol–water partition coefficient (Wildman–Crippen LogP) is 2.92. The number of aryl methyl sites for hydroxylation is 3. The van der Waals surface area contributed by atoms with E-state index < -0.39 is 5.54 Å². The minimum Gasteiger partial charge on any atom is -0.490 e. The molecule has 0 bridgehead atoms. The van der Waals surface area contributed by atoms with Crippen molar-refractivity contribution in [3.05, 3.63) is 28.8 Å². The van der Waals surface area contributed by atoms with Crippen molar-refractivity contribution >= 4 is 5.97 Å². The quantitative estimate of drug-likeness (QED) is 0.819. The van der Waals surface area contributed by atoms with Gasteiger partial charge >= 0.3 is 5.97 Å². The van der Waals surface area contributed by atoms with Crippen molar-refractivity contribution in [3.63, 3.8) is 0 Å². The molecule has 118 valence electrons. The number of carbonyl (C=O) groups is 1. The van der Waals surface area contributed by atoms with Gasteiger partial charge < -0.3 is 9.47 Å². The Kier molecular flexibility index (Phi) is 5.78. The summed E-state index contributed by atoms with van der Waals surface area (Å²) in [7, 11) is 1.39. The van der Waals surface area contributed by atoms with Crippen molar-refractivity contribution in [1.82, 2.24) is 5.32 Å². The molecule has 1 atom stereocenters. The summed E-state index contributed by atoms with van der Waals surface area (Å²) in [5.74, 6) is 0.514. The zero-order valence-electron chi connectivity index (χ0n) is 14.2. The summed E-state index contributed by atoms with van der Waals surface area (Å²) >= 11 is 0. The normalized spacial score (nSPS) is 13.9. The van der Waals surface area contributed by atoms with Gasteiger partial charge in [0.2, 0.25) is 0 Å². The first-order valence-corrected chi connectivity index (χ1v) is 7.26. The van der Waals surface area contributed by atoms with Crippen LogP contribution in [0.4, 0.5) is 0 Å². The van der Waals surface area contributed by atoms with E-state index in [0.717, 1.165) is 16.9 Å². The summed E-state index contributed by atoms with van der Waals surface area (Å²) in [6.07, 6.45) is 0. The molecule has 4 nitrogen and oxygen atoms in total. The molecular weight excluding hydrogens is 266 g/mol. The topological polar surface area (TPSA) is 47.6 Å². The third-order valence-electron chi connectivity index (χ3n) is 3.35. The fourth-order valence-corrected chi connectivity index (χ4v) is 2.63. The fraction of sp³-hybridized carbons (Fsp3) is 0.588. The number of benzene rings is 1. The van der Waals surface area contributed by atoms with Crippen LogP contribution in [0.3, 0.4) is 0 Å². The van der Waals surface area contributed by atoms with Gasteiger partial charge in [0.1, 0.15) is 17.9 Å². The molecule has 0 aromatic heterocycles. The lowest BCUT2D eigenvalue weighted by atomic mass is 10.0. The Morgan fingerprint density at radius 1 is 1.24 bits per heavy atom. The number of nitrogens with one attached hydrogen (secondary N) is 1. The molecule has 0 heterocycles. The lowest BCUT2D eigenvalue weighted by molar-refractivity contribution is -0.149. The molecule has 4 heteroatoms. The van der Waals surface area contributed by atoms with Crippen molar-refractivity contribution < 1.29 is 14.3 Å². The van der Waals surface area contributed by atoms with E-state index >= 15 is 0 Å². The minimum atomic E-state index is -0.868. The molecule has 0 aliphatic carbocycles. The number of ether oxygens (including phenoxy) is 2. The molecule has 0 aliphatic rings. The molecule has 1 aromatic carbocycles. The number of methoxy groups -OCH3 is 1. The molecule has 0 fully saturated rings. The molecule has 0 saturated heterocycles. The van der Waals surface area contributed by atoms with Crippen molar-refractivity contribution in [2.24, 2.45) is 0 Å². The van der Waals surface area contributed by atoms with E-state index in [9.17, 15) is 4.79 Å². The maximum absolute atomic E-state index is 12.0. The molecule has 0 radical (unpaired) electrons. The second kappa shape index (κ2) is 6.94. The van der Waals surface area contributed by atoms with Crippen LogP contribution < -0.4 is 10.1 Å². The van der Waals surface area contributed by atoms with E-state index in [4.69, 9.17) is 9.47 Å². The van der Waals surface area contributed by atoms with Gasteiger partial charge in [-0.3, -0.25) is 5.32 Å². The highest BCUT2D eigenvalue weighted by atomic mass is 16.5. The molecule has 1 rings (SSSR count). The Morgan fingerprint density at radius 3 is 2.19 bits per heavy atom. The highest BCUT2D eigenvalue weighted by Crippen LogP contribution is 2.25. The Morgan fingerprint density at radius 2 is 1.76 bits per heavy atom. The number of hydrogen-bond acceptors (Lipinski definition) is 4. The second-order valence-corrected chi connectivity index (χ2v) is 6.14.